The van der Waals surface area contributed by atoms with Crippen molar-refractivity contribution in [2.45, 2.75) is 58.5 Å². The molecule has 5 rings (SSSR count). The van der Waals surface area contributed by atoms with Crippen LogP contribution < -0.4 is 15.4 Å². The number of ether oxygens (including phenoxy) is 4. The number of esters is 1. The van der Waals surface area contributed by atoms with Crippen LogP contribution in [0.15, 0.2) is 97.1 Å². The van der Waals surface area contributed by atoms with Gasteiger partial charge in [0, 0.05) is 5.92 Å². The summed E-state index contributed by atoms with van der Waals surface area (Å²) in [7, 11) is 0. The Morgan fingerprint density at radius 1 is 0.723 bits per heavy atom. The Morgan fingerprint density at radius 3 is 1.91 bits per heavy atom. The third kappa shape index (κ3) is 9.13. The van der Waals surface area contributed by atoms with Crippen LogP contribution in [-0.2, 0) is 32.2 Å². The number of rotatable bonds is 11. The van der Waals surface area contributed by atoms with Crippen LogP contribution in [-0.4, -0.2) is 43.0 Å². The SMILES string of the molecule is Cc1ccc(COc2ccc(COC(=O)[C@H](CNC(=O)OCC3c4ccccc4-c4ccccc43)NC(=O)OC(C)(C)C)cc2)cc1. The molecule has 9 nitrogen and oxygen atoms in total. The molecule has 2 amide bonds. The van der Waals surface area contributed by atoms with Crippen molar-refractivity contribution in [1.82, 2.24) is 10.6 Å². The van der Waals surface area contributed by atoms with Crippen LogP contribution in [0.2, 0.25) is 0 Å². The molecule has 0 fully saturated rings. The van der Waals surface area contributed by atoms with Gasteiger partial charge in [-0.05, 0) is 73.2 Å². The minimum Gasteiger partial charge on any atom is -0.489 e. The zero-order valence-electron chi connectivity index (χ0n) is 27.1. The van der Waals surface area contributed by atoms with Gasteiger partial charge in [-0.25, -0.2) is 14.4 Å². The van der Waals surface area contributed by atoms with Crippen molar-refractivity contribution in [1.29, 1.82) is 0 Å². The molecule has 0 aliphatic heterocycles. The zero-order chi connectivity index (χ0) is 33.4. The van der Waals surface area contributed by atoms with Crippen LogP contribution in [0, 0.1) is 6.92 Å². The van der Waals surface area contributed by atoms with Gasteiger partial charge in [-0.1, -0.05) is 90.5 Å². The molecule has 0 unspecified atom stereocenters. The van der Waals surface area contributed by atoms with Crippen molar-refractivity contribution >= 4 is 18.2 Å². The van der Waals surface area contributed by atoms with Gasteiger partial charge in [0.2, 0.25) is 0 Å². The Bertz CT molecular complexity index is 1650. The monoisotopic (exact) mass is 636 g/mol. The van der Waals surface area contributed by atoms with Gasteiger partial charge in [0.05, 0.1) is 6.54 Å². The molecule has 1 aliphatic rings. The molecule has 0 spiro atoms. The molecule has 0 heterocycles. The van der Waals surface area contributed by atoms with Crippen LogP contribution in [0.4, 0.5) is 9.59 Å². The van der Waals surface area contributed by atoms with E-state index in [2.05, 4.69) is 22.8 Å². The van der Waals surface area contributed by atoms with E-state index in [-0.39, 0.29) is 25.7 Å². The zero-order valence-corrected chi connectivity index (χ0v) is 27.1. The van der Waals surface area contributed by atoms with Crippen LogP contribution in [0.5, 0.6) is 5.75 Å². The van der Waals surface area contributed by atoms with Gasteiger partial charge in [-0.2, -0.15) is 0 Å². The molecule has 2 N–H and O–H groups in total. The Balaban J connectivity index is 1.15. The molecule has 244 valence electrons. The maximum absolute atomic E-state index is 13.1. The van der Waals surface area contributed by atoms with Crippen molar-refractivity contribution in [2.24, 2.45) is 0 Å². The summed E-state index contributed by atoms with van der Waals surface area (Å²) >= 11 is 0. The Hall–Kier alpha value is -5.31. The second-order valence-corrected chi connectivity index (χ2v) is 12.4. The average Bonchev–Trinajstić information content (AvgIpc) is 3.37. The van der Waals surface area contributed by atoms with Gasteiger partial charge in [0.25, 0.3) is 0 Å². The van der Waals surface area contributed by atoms with Gasteiger partial charge in [0.1, 0.15) is 37.2 Å². The number of aryl methyl sites for hydroxylation is 1. The molecule has 0 radical (unpaired) electrons. The fourth-order valence-corrected chi connectivity index (χ4v) is 5.27. The molecule has 47 heavy (non-hydrogen) atoms. The van der Waals surface area contributed by atoms with E-state index in [1.807, 2.05) is 67.6 Å². The lowest BCUT2D eigenvalue weighted by molar-refractivity contribution is -0.147. The van der Waals surface area contributed by atoms with Crippen LogP contribution in [0.1, 0.15) is 54.5 Å². The number of hydrogen-bond donors (Lipinski definition) is 2. The summed E-state index contributed by atoms with van der Waals surface area (Å²) in [5.74, 6) is -0.180. The summed E-state index contributed by atoms with van der Waals surface area (Å²) < 4.78 is 22.3. The number of carbonyl (C=O) groups is 3. The Kier molecular flexibility index (Phi) is 10.5. The van der Waals surface area contributed by atoms with Gasteiger partial charge in [-0.15, -0.1) is 0 Å². The first-order chi connectivity index (χ1) is 22.6. The van der Waals surface area contributed by atoms with Gasteiger partial charge >= 0.3 is 18.2 Å². The molecular weight excluding hydrogens is 596 g/mol. The lowest BCUT2D eigenvalue weighted by Gasteiger charge is -2.23. The molecule has 0 saturated carbocycles. The van der Waals surface area contributed by atoms with Crippen molar-refractivity contribution in [3.8, 4) is 16.9 Å². The normalized spacial score (nSPS) is 12.7. The molecule has 0 aromatic heterocycles. The summed E-state index contributed by atoms with van der Waals surface area (Å²) in [6.45, 7) is 7.40. The van der Waals surface area contributed by atoms with Crippen LogP contribution in [0.25, 0.3) is 11.1 Å². The van der Waals surface area contributed by atoms with E-state index in [1.54, 1.807) is 45.0 Å². The van der Waals surface area contributed by atoms with Crippen molar-refractivity contribution < 1.29 is 33.3 Å². The quantitative estimate of drug-likeness (QED) is 0.134. The predicted molar refractivity (Wildman–Crippen MR) is 178 cm³/mol. The summed E-state index contributed by atoms with van der Waals surface area (Å²) in [5.41, 5.74) is 6.58. The number of carbonyl (C=O) groups excluding carboxylic acids is 3. The fraction of sp³-hybridized carbons (Fsp3) is 0.289. The maximum atomic E-state index is 13.1. The highest BCUT2D eigenvalue weighted by atomic mass is 16.6. The number of amides is 2. The van der Waals surface area contributed by atoms with Crippen molar-refractivity contribution in [3.63, 3.8) is 0 Å². The summed E-state index contributed by atoms with van der Waals surface area (Å²) in [6.07, 6.45) is -1.54. The third-order valence-electron chi connectivity index (χ3n) is 7.60. The topological polar surface area (TPSA) is 112 Å². The summed E-state index contributed by atoms with van der Waals surface area (Å²) in [6, 6.07) is 30.2. The number of nitrogens with one attached hydrogen (secondary N) is 2. The van der Waals surface area contributed by atoms with E-state index in [4.69, 9.17) is 18.9 Å². The number of alkyl carbamates (subject to hydrolysis) is 2. The third-order valence-corrected chi connectivity index (χ3v) is 7.60. The highest BCUT2D eigenvalue weighted by Crippen LogP contribution is 2.44. The molecule has 9 heteroatoms. The highest BCUT2D eigenvalue weighted by Gasteiger charge is 2.30. The molecule has 0 saturated heterocycles. The minimum atomic E-state index is -1.22. The lowest BCUT2D eigenvalue weighted by Crippen LogP contribution is -2.50. The second-order valence-electron chi connectivity index (χ2n) is 12.4. The van der Waals surface area contributed by atoms with Gasteiger partial charge in [-0.3, -0.25) is 0 Å². The van der Waals surface area contributed by atoms with E-state index in [0.717, 1.165) is 33.4 Å². The molecule has 4 aromatic rings. The number of benzene rings is 4. The Labute approximate surface area is 275 Å². The minimum absolute atomic E-state index is 0.0471. The predicted octanol–water partition coefficient (Wildman–Crippen LogP) is 7.05. The fourth-order valence-electron chi connectivity index (χ4n) is 5.27. The van der Waals surface area contributed by atoms with Crippen molar-refractivity contribution in [2.75, 3.05) is 13.2 Å². The van der Waals surface area contributed by atoms with Gasteiger partial charge in [0.15, 0.2) is 0 Å². The maximum Gasteiger partial charge on any atom is 0.408 e. The van der Waals surface area contributed by atoms with E-state index >= 15 is 0 Å². The molecule has 0 bridgehead atoms. The lowest BCUT2D eigenvalue weighted by atomic mass is 9.98. The first-order valence-electron chi connectivity index (χ1n) is 15.6. The molecule has 4 aromatic carbocycles. The standard InChI is InChI=1S/C38H40N2O7/c1-25-13-15-26(16-14-25)22-44-28-19-17-27(18-20-28)23-45-35(41)34(40-37(43)47-38(2,3)4)21-39-36(42)46-24-33-31-11-7-5-9-29(31)30-10-6-8-12-32(30)33/h5-20,33-34H,21-24H2,1-4H3,(H,39,42)(H,40,43)/t34-/m0/s1. The van der Waals surface area contributed by atoms with Crippen LogP contribution in [0.3, 0.4) is 0 Å². The van der Waals surface area contributed by atoms with E-state index in [0.29, 0.717) is 12.4 Å². The highest BCUT2D eigenvalue weighted by molar-refractivity contribution is 5.82. The number of fused-ring (bicyclic) bond motifs is 3. The number of hydrogen-bond acceptors (Lipinski definition) is 7. The first kappa shape index (κ1) is 33.1. The van der Waals surface area contributed by atoms with E-state index < -0.39 is 29.8 Å². The van der Waals surface area contributed by atoms with Crippen LogP contribution >= 0.6 is 0 Å². The summed E-state index contributed by atoms with van der Waals surface area (Å²) in [4.78, 5) is 38.5. The molecule has 1 atom stereocenters. The van der Waals surface area contributed by atoms with Gasteiger partial charge < -0.3 is 29.6 Å². The molecule has 1 aliphatic carbocycles. The Morgan fingerprint density at radius 2 is 1.30 bits per heavy atom. The van der Waals surface area contributed by atoms with E-state index in [9.17, 15) is 14.4 Å². The average molecular weight is 637 g/mol. The molecular formula is C38H40N2O7. The van der Waals surface area contributed by atoms with Crippen molar-refractivity contribution in [3.05, 3.63) is 125 Å². The van der Waals surface area contributed by atoms with E-state index in [1.165, 1.54) is 5.56 Å². The smallest absolute Gasteiger partial charge is 0.408 e. The second kappa shape index (κ2) is 14.9. The summed E-state index contributed by atoms with van der Waals surface area (Å²) in [5, 5.41) is 5.10. The first-order valence-corrected chi connectivity index (χ1v) is 15.6. The largest absolute Gasteiger partial charge is 0.489 e.